The molecule has 0 aromatic heterocycles. The van der Waals surface area contributed by atoms with Crippen molar-refractivity contribution in [2.24, 2.45) is 0 Å². The van der Waals surface area contributed by atoms with Gasteiger partial charge in [0.2, 0.25) is 0 Å². The number of nitrogens with one attached hydrogen (secondary N) is 1. The number of dihydropyridines is 1. The number of aliphatic carboxylic acids is 1. The summed E-state index contributed by atoms with van der Waals surface area (Å²) in [5, 5.41) is 12.7. The van der Waals surface area contributed by atoms with Crippen molar-refractivity contribution in [2.45, 2.75) is 12.5 Å². The molecule has 0 fully saturated rings. The van der Waals surface area contributed by atoms with Gasteiger partial charge in [0.1, 0.15) is 0 Å². The van der Waals surface area contributed by atoms with Crippen LogP contribution in [0.25, 0.3) is 0 Å². The Morgan fingerprint density at radius 2 is 2.12 bits per heavy atom. The quantitative estimate of drug-likeness (QED) is 0.847. The van der Waals surface area contributed by atoms with E-state index in [0.29, 0.717) is 5.02 Å². The number of hydrogen-bond acceptors (Lipinski definition) is 2. The number of rotatable bonds is 2. The van der Waals surface area contributed by atoms with Gasteiger partial charge in [0.25, 0.3) is 0 Å². The average Bonchev–Trinajstić information content (AvgIpc) is 2.29. The first kappa shape index (κ1) is 11.7. The van der Waals surface area contributed by atoms with Crippen molar-refractivity contribution in [3.63, 3.8) is 0 Å². The molecule has 0 spiro atoms. The SMILES string of the molecule is CC1(c2ccccc2Cl)C=C(C(=O)O)C=CN1. The fraction of sp³-hybridized carbons (Fsp3) is 0.154. The van der Waals surface area contributed by atoms with Gasteiger partial charge in [-0.2, -0.15) is 0 Å². The van der Waals surface area contributed by atoms with Gasteiger partial charge in [0.05, 0.1) is 11.1 Å². The van der Waals surface area contributed by atoms with E-state index in [2.05, 4.69) is 5.32 Å². The highest BCUT2D eigenvalue weighted by Crippen LogP contribution is 2.31. The molecule has 0 radical (unpaired) electrons. The lowest BCUT2D eigenvalue weighted by atomic mass is 9.88. The van der Waals surface area contributed by atoms with Crippen LogP contribution in [0.5, 0.6) is 0 Å². The van der Waals surface area contributed by atoms with Crippen molar-refractivity contribution in [2.75, 3.05) is 0 Å². The Bertz CT molecular complexity index is 522. The normalized spacial score (nSPS) is 22.8. The molecule has 1 aromatic rings. The van der Waals surface area contributed by atoms with Gasteiger partial charge in [-0.1, -0.05) is 29.8 Å². The lowest BCUT2D eigenvalue weighted by Gasteiger charge is -2.31. The predicted octanol–water partition coefficient (Wildman–Crippen LogP) is 2.68. The minimum Gasteiger partial charge on any atom is -0.478 e. The highest BCUT2D eigenvalue weighted by atomic mass is 35.5. The van der Waals surface area contributed by atoms with E-state index in [1.54, 1.807) is 18.3 Å². The predicted molar refractivity (Wildman–Crippen MR) is 66.8 cm³/mol. The van der Waals surface area contributed by atoms with Gasteiger partial charge < -0.3 is 10.4 Å². The second-order valence-corrected chi connectivity index (χ2v) is 4.47. The summed E-state index contributed by atoms with van der Waals surface area (Å²) in [4.78, 5) is 11.0. The molecule has 0 aliphatic carbocycles. The summed E-state index contributed by atoms with van der Waals surface area (Å²) >= 11 is 6.13. The Labute approximate surface area is 104 Å². The summed E-state index contributed by atoms with van der Waals surface area (Å²) < 4.78 is 0. The lowest BCUT2D eigenvalue weighted by molar-refractivity contribution is -0.132. The molecule has 2 N–H and O–H groups in total. The molecular weight excluding hydrogens is 238 g/mol. The number of carboxylic acids is 1. The molecule has 0 amide bonds. The van der Waals surface area contributed by atoms with Gasteiger partial charge in [-0.25, -0.2) is 4.79 Å². The molecule has 4 heteroatoms. The van der Waals surface area contributed by atoms with E-state index in [4.69, 9.17) is 16.7 Å². The molecule has 1 aromatic carbocycles. The van der Waals surface area contributed by atoms with Crippen molar-refractivity contribution in [3.05, 3.63) is 58.8 Å². The Morgan fingerprint density at radius 3 is 2.76 bits per heavy atom. The molecule has 1 unspecified atom stereocenters. The van der Waals surface area contributed by atoms with E-state index < -0.39 is 11.5 Å². The van der Waals surface area contributed by atoms with E-state index in [1.165, 1.54) is 6.08 Å². The van der Waals surface area contributed by atoms with Crippen LogP contribution in [0.2, 0.25) is 5.02 Å². The first-order chi connectivity index (χ1) is 8.03. The van der Waals surface area contributed by atoms with Crippen molar-refractivity contribution >= 4 is 17.6 Å². The van der Waals surface area contributed by atoms with Crippen molar-refractivity contribution < 1.29 is 9.90 Å². The van der Waals surface area contributed by atoms with E-state index >= 15 is 0 Å². The zero-order chi connectivity index (χ0) is 12.5. The van der Waals surface area contributed by atoms with Crippen LogP contribution in [0.1, 0.15) is 12.5 Å². The second kappa shape index (κ2) is 4.26. The molecular formula is C13H12ClNO2. The summed E-state index contributed by atoms with van der Waals surface area (Å²) in [5.74, 6) is -0.943. The lowest BCUT2D eigenvalue weighted by Crippen LogP contribution is -2.37. The number of carbonyl (C=O) groups is 1. The third-order valence-electron chi connectivity index (χ3n) is 2.77. The Morgan fingerprint density at radius 1 is 1.41 bits per heavy atom. The average molecular weight is 250 g/mol. The second-order valence-electron chi connectivity index (χ2n) is 4.06. The fourth-order valence-electron chi connectivity index (χ4n) is 1.88. The molecule has 0 saturated carbocycles. The van der Waals surface area contributed by atoms with Gasteiger partial charge in [0, 0.05) is 5.02 Å². The highest BCUT2D eigenvalue weighted by molar-refractivity contribution is 6.31. The van der Waals surface area contributed by atoms with Crippen molar-refractivity contribution in [1.29, 1.82) is 0 Å². The summed E-state index contributed by atoms with van der Waals surface area (Å²) in [5.41, 5.74) is 0.511. The maximum atomic E-state index is 11.0. The molecule has 3 nitrogen and oxygen atoms in total. The summed E-state index contributed by atoms with van der Waals surface area (Å²) in [6.07, 6.45) is 4.82. The van der Waals surface area contributed by atoms with Crippen molar-refractivity contribution in [3.8, 4) is 0 Å². The third-order valence-corrected chi connectivity index (χ3v) is 3.10. The van der Waals surface area contributed by atoms with Crippen LogP contribution >= 0.6 is 11.6 Å². The Kier molecular flexibility index (Phi) is 2.94. The monoisotopic (exact) mass is 249 g/mol. The maximum absolute atomic E-state index is 11.0. The zero-order valence-corrected chi connectivity index (χ0v) is 10.0. The molecule has 0 saturated heterocycles. The number of benzene rings is 1. The van der Waals surface area contributed by atoms with Crippen molar-refractivity contribution in [1.82, 2.24) is 5.32 Å². The first-order valence-electron chi connectivity index (χ1n) is 5.18. The minimum atomic E-state index is -0.943. The van der Waals surface area contributed by atoms with Crippen LogP contribution in [-0.4, -0.2) is 11.1 Å². The van der Waals surface area contributed by atoms with Crippen LogP contribution < -0.4 is 5.32 Å². The first-order valence-corrected chi connectivity index (χ1v) is 5.56. The standard InChI is InChI=1S/C13H12ClNO2/c1-13(10-4-2-3-5-11(10)14)8-9(12(16)17)6-7-15-13/h2-8,15H,1H3,(H,16,17). The molecule has 17 heavy (non-hydrogen) atoms. The Hall–Kier alpha value is -1.74. The van der Waals surface area contributed by atoms with Gasteiger partial charge >= 0.3 is 5.97 Å². The van der Waals surface area contributed by atoms with Gasteiger partial charge in [-0.3, -0.25) is 0 Å². The molecule has 88 valence electrons. The largest absolute Gasteiger partial charge is 0.478 e. The number of hydrogen-bond donors (Lipinski definition) is 2. The number of halogens is 1. The third kappa shape index (κ3) is 2.19. The van der Waals surface area contributed by atoms with Gasteiger partial charge in [-0.15, -0.1) is 0 Å². The number of carboxylic acid groups (broad SMARTS) is 1. The summed E-state index contributed by atoms with van der Waals surface area (Å²) in [7, 11) is 0. The van der Waals surface area contributed by atoms with E-state index in [-0.39, 0.29) is 5.57 Å². The molecule has 0 bridgehead atoms. The Balaban J connectivity index is 2.48. The van der Waals surface area contributed by atoms with E-state index in [0.717, 1.165) is 5.56 Å². The summed E-state index contributed by atoms with van der Waals surface area (Å²) in [6.45, 7) is 1.89. The van der Waals surface area contributed by atoms with E-state index in [9.17, 15) is 4.79 Å². The molecule has 1 atom stereocenters. The zero-order valence-electron chi connectivity index (χ0n) is 9.27. The summed E-state index contributed by atoms with van der Waals surface area (Å²) in [6, 6.07) is 7.39. The van der Waals surface area contributed by atoms with Gasteiger partial charge in [-0.05, 0) is 36.9 Å². The van der Waals surface area contributed by atoms with Crippen LogP contribution in [0, 0.1) is 0 Å². The topological polar surface area (TPSA) is 49.3 Å². The van der Waals surface area contributed by atoms with Crippen LogP contribution in [0.4, 0.5) is 0 Å². The molecule has 1 aliphatic heterocycles. The minimum absolute atomic E-state index is 0.256. The molecule has 1 aliphatic rings. The molecule has 1 heterocycles. The fourth-order valence-corrected chi connectivity index (χ4v) is 2.21. The smallest absolute Gasteiger partial charge is 0.335 e. The van der Waals surface area contributed by atoms with Gasteiger partial charge in [0.15, 0.2) is 0 Å². The van der Waals surface area contributed by atoms with E-state index in [1.807, 2.05) is 25.1 Å². The highest BCUT2D eigenvalue weighted by Gasteiger charge is 2.28. The molecule has 2 rings (SSSR count). The van der Waals surface area contributed by atoms with Crippen LogP contribution in [0.3, 0.4) is 0 Å². The van der Waals surface area contributed by atoms with Crippen LogP contribution in [-0.2, 0) is 10.3 Å². The maximum Gasteiger partial charge on any atom is 0.335 e. The van der Waals surface area contributed by atoms with Crippen LogP contribution in [0.15, 0.2) is 48.2 Å².